The van der Waals surface area contributed by atoms with Crippen LogP contribution in [0.5, 0.6) is 11.5 Å². The maximum Gasteiger partial charge on any atom is 0.125 e. The second kappa shape index (κ2) is 7.48. The summed E-state index contributed by atoms with van der Waals surface area (Å²) in [4.78, 5) is 0. The lowest BCUT2D eigenvalue weighted by atomic mass is 10.1. The van der Waals surface area contributed by atoms with Gasteiger partial charge >= 0.3 is 0 Å². The summed E-state index contributed by atoms with van der Waals surface area (Å²) < 4.78 is 11.9. The van der Waals surface area contributed by atoms with Crippen molar-refractivity contribution in [2.24, 2.45) is 0 Å². The van der Waals surface area contributed by atoms with Crippen molar-refractivity contribution in [3.63, 3.8) is 0 Å². The Labute approximate surface area is 133 Å². The summed E-state index contributed by atoms with van der Waals surface area (Å²) in [5.74, 6) is 1.57. The van der Waals surface area contributed by atoms with Crippen molar-refractivity contribution in [3.05, 3.63) is 58.1 Å². The lowest BCUT2D eigenvalue weighted by Crippen LogP contribution is -2.05. The van der Waals surface area contributed by atoms with Crippen LogP contribution in [0.4, 0.5) is 0 Å². The van der Waals surface area contributed by atoms with Gasteiger partial charge in [0.2, 0.25) is 0 Å². The minimum Gasteiger partial charge on any atom is -0.497 e. The Balaban J connectivity index is 1.96. The molecule has 0 heterocycles. The van der Waals surface area contributed by atoms with Gasteiger partial charge in [0.05, 0.1) is 19.8 Å². The van der Waals surface area contributed by atoms with Crippen molar-refractivity contribution in [2.75, 3.05) is 13.7 Å². The summed E-state index contributed by atoms with van der Waals surface area (Å²) in [5.41, 5.74) is 1.98. The predicted octanol–water partition coefficient (Wildman–Crippen LogP) is 4.13. The Kier molecular flexibility index (Phi) is 5.65. The molecule has 1 atom stereocenters. The first-order valence-electron chi connectivity index (χ1n) is 6.83. The van der Waals surface area contributed by atoms with E-state index in [4.69, 9.17) is 9.47 Å². The van der Waals surface area contributed by atoms with Gasteiger partial charge in [0.25, 0.3) is 0 Å². The van der Waals surface area contributed by atoms with Crippen molar-refractivity contribution in [2.45, 2.75) is 19.4 Å². The first-order chi connectivity index (χ1) is 10.1. The lowest BCUT2D eigenvalue weighted by Gasteiger charge is -2.14. The zero-order chi connectivity index (χ0) is 15.2. The van der Waals surface area contributed by atoms with E-state index in [1.165, 1.54) is 5.56 Å². The van der Waals surface area contributed by atoms with Crippen molar-refractivity contribution in [1.29, 1.82) is 0 Å². The number of aliphatic hydroxyl groups excluding tert-OH is 1. The minimum atomic E-state index is -0.557. The molecule has 0 aliphatic rings. The number of rotatable bonds is 6. The van der Waals surface area contributed by atoms with Crippen LogP contribution in [0.25, 0.3) is 0 Å². The molecule has 0 aliphatic heterocycles. The highest BCUT2D eigenvalue weighted by Crippen LogP contribution is 2.28. The van der Waals surface area contributed by atoms with Crippen LogP contribution in [0.2, 0.25) is 0 Å². The molecule has 2 aromatic carbocycles. The molecule has 112 valence electrons. The van der Waals surface area contributed by atoms with Gasteiger partial charge in [-0.05, 0) is 42.8 Å². The lowest BCUT2D eigenvalue weighted by molar-refractivity contribution is 0.191. The predicted molar refractivity (Wildman–Crippen MR) is 87.0 cm³/mol. The molecule has 2 rings (SSSR count). The molecule has 1 unspecified atom stereocenters. The van der Waals surface area contributed by atoms with Crippen LogP contribution < -0.4 is 9.47 Å². The molecule has 0 radical (unpaired) electrons. The van der Waals surface area contributed by atoms with Crippen molar-refractivity contribution < 1.29 is 14.6 Å². The van der Waals surface area contributed by atoms with E-state index in [-0.39, 0.29) is 0 Å². The standard InChI is InChI=1S/C17H19BrO3/c1-12(19)16-11-14(18)5-8-17(16)21-10-9-13-3-6-15(20-2)7-4-13/h3-8,11-12,19H,9-10H2,1-2H3. The first-order valence-corrected chi connectivity index (χ1v) is 7.62. The van der Waals surface area contributed by atoms with E-state index in [9.17, 15) is 5.11 Å². The van der Waals surface area contributed by atoms with E-state index < -0.39 is 6.10 Å². The molecular formula is C17H19BrO3. The summed E-state index contributed by atoms with van der Waals surface area (Å²) in [6.07, 6.45) is 0.248. The van der Waals surface area contributed by atoms with E-state index in [0.29, 0.717) is 6.61 Å². The summed E-state index contributed by atoms with van der Waals surface area (Å²) in [7, 11) is 1.66. The largest absolute Gasteiger partial charge is 0.497 e. The molecule has 0 saturated carbocycles. The van der Waals surface area contributed by atoms with Crippen LogP contribution in [-0.4, -0.2) is 18.8 Å². The number of ether oxygens (including phenoxy) is 2. The smallest absolute Gasteiger partial charge is 0.125 e. The SMILES string of the molecule is COc1ccc(CCOc2ccc(Br)cc2C(C)O)cc1. The summed E-state index contributed by atoms with van der Waals surface area (Å²) in [6, 6.07) is 13.6. The molecular weight excluding hydrogens is 332 g/mol. The average molecular weight is 351 g/mol. The molecule has 0 fully saturated rings. The number of hydrogen-bond acceptors (Lipinski definition) is 3. The second-order valence-corrected chi connectivity index (χ2v) is 5.72. The van der Waals surface area contributed by atoms with Crippen molar-refractivity contribution >= 4 is 15.9 Å². The van der Waals surface area contributed by atoms with Crippen LogP contribution in [0.15, 0.2) is 46.9 Å². The normalized spacial score (nSPS) is 12.0. The third-order valence-electron chi connectivity index (χ3n) is 3.23. The summed E-state index contributed by atoms with van der Waals surface area (Å²) >= 11 is 3.40. The van der Waals surface area contributed by atoms with Gasteiger partial charge in [0.15, 0.2) is 0 Å². The van der Waals surface area contributed by atoms with E-state index in [0.717, 1.165) is 28.0 Å². The van der Waals surface area contributed by atoms with Crippen molar-refractivity contribution in [3.8, 4) is 11.5 Å². The van der Waals surface area contributed by atoms with Gasteiger partial charge in [-0.2, -0.15) is 0 Å². The summed E-state index contributed by atoms with van der Waals surface area (Å²) in [5, 5.41) is 9.79. The summed E-state index contributed by atoms with van der Waals surface area (Å²) in [6.45, 7) is 2.30. The molecule has 4 heteroatoms. The molecule has 0 bridgehead atoms. The molecule has 1 N–H and O–H groups in total. The monoisotopic (exact) mass is 350 g/mol. The van der Waals surface area contributed by atoms with Gasteiger partial charge in [-0.25, -0.2) is 0 Å². The first kappa shape index (κ1) is 15.9. The van der Waals surface area contributed by atoms with Gasteiger partial charge in [0, 0.05) is 16.5 Å². The Morgan fingerprint density at radius 2 is 1.86 bits per heavy atom. The van der Waals surface area contributed by atoms with Gasteiger partial charge in [0.1, 0.15) is 11.5 Å². The quantitative estimate of drug-likeness (QED) is 0.850. The zero-order valence-corrected chi connectivity index (χ0v) is 13.8. The Hall–Kier alpha value is -1.52. The number of hydrogen-bond donors (Lipinski definition) is 1. The van der Waals surface area contributed by atoms with E-state index >= 15 is 0 Å². The van der Waals surface area contributed by atoms with Crippen LogP contribution >= 0.6 is 15.9 Å². The topological polar surface area (TPSA) is 38.7 Å². The molecule has 0 saturated heterocycles. The zero-order valence-electron chi connectivity index (χ0n) is 12.2. The number of aliphatic hydroxyl groups is 1. The maximum atomic E-state index is 9.79. The molecule has 2 aromatic rings. The van der Waals surface area contributed by atoms with E-state index in [1.807, 2.05) is 42.5 Å². The van der Waals surface area contributed by atoms with Crippen LogP contribution in [0, 0.1) is 0 Å². The minimum absolute atomic E-state index is 0.557. The van der Waals surface area contributed by atoms with Gasteiger partial charge in [-0.3, -0.25) is 0 Å². The maximum absolute atomic E-state index is 9.79. The second-order valence-electron chi connectivity index (χ2n) is 4.80. The molecule has 21 heavy (non-hydrogen) atoms. The van der Waals surface area contributed by atoms with E-state index in [1.54, 1.807) is 14.0 Å². The molecule has 0 amide bonds. The Morgan fingerprint density at radius 3 is 2.48 bits per heavy atom. The molecule has 0 aliphatic carbocycles. The van der Waals surface area contributed by atoms with Gasteiger partial charge in [-0.15, -0.1) is 0 Å². The van der Waals surface area contributed by atoms with Gasteiger partial charge < -0.3 is 14.6 Å². The van der Waals surface area contributed by atoms with E-state index in [2.05, 4.69) is 15.9 Å². The molecule has 0 spiro atoms. The average Bonchev–Trinajstić information content (AvgIpc) is 2.49. The number of halogens is 1. The van der Waals surface area contributed by atoms with Crippen LogP contribution in [-0.2, 0) is 6.42 Å². The van der Waals surface area contributed by atoms with Crippen LogP contribution in [0.3, 0.4) is 0 Å². The molecule has 3 nitrogen and oxygen atoms in total. The van der Waals surface area contributed by atoms with Gasteiger partial charge in [-0.1, -0.05) is 28.1 Å². The van der Waals surface area contributed by atoms with Crippen LogP contribution in [0.1, 0.15) is 24.2 Å². The number of benzene rings is 2. The highest BCUT2D eigenvalue weighted by Gasteiger charge is 2.09. The molecule has 0 aromatic heterocycles. The number of methoxy groups -OCH3 is 1. The fourth-order valence-corrected chi connectivity index (χ4v) is 2.43. The van der Waals surface area contributed by atoms with Crippen molar-refractivity contribution in [1.82, 2.24) is 0 Å². The third kappa shape index (κ3) is 4.48. The Morgan fingerprint density at radius 1 is 1.14 bits per heavy atom. The highest BCUT2D eigenvalue weighted by molar-refractivity contribution is 9.10. The highest BCUT2D eigenvalue weighted by atomic mass is 79.9. The third-order valence-corrected chi connectivity index (χ3v) is 3.72. The fourth-order valence-electron chi connectivity index (χ4n) is 2.05. The Bertz CT molecular complexity index is 579. The fraction of sp³-hybridized carbons (Fsp3) is 0.294.